The van der Waals surface area contributed by atoms with Crippen molar-refractivity contribution in [3.63, 3.8) is 0 Å². The summed E-state index contributed by atoms with van der Waals surface area (Å²) in [6.07, 6.45) is 3.15. The van der Waals surface area contributed by atoms with E-state index in [9.17, 15) is 4.79 Å². The highest BCUT2D eigenvalue weighted by molar-refractivity contribution is 7.15. The summed E-state index contributed by atoms with van der Waals surface area (Å²) in [5.74, 6) is 0.0537. The number of fused-ring (bicyclic) bond motifs is 1. The third-order valence-electron chi connectivity index (χ3n) is 4.64. The van der Waals surface area contributed by atoms with Gasteiger partial charge in [0.2, 0.25) is 5.91 Å². The fraction of sp³-hybridized carbons (Fsp3) is 0.182. The van der Waals surface area contributed by atoms with Crippen LogP contribution in [0.15, 0.2) is 60.1 Å². The second-order valence-electron chi connectivity index (χ2n) is 6.77. The summed E-state index contributed by atoms with van der Waals surface area (Å²) in [5, 5.41) is 5.77. The van der Waals surface area contributed by atoms with Crippen molar-refractivity contribution in [3.8, 4) is 11.3 Å². The fourth-order valence-corrected chi connectivity index (χ4v) is 4.04. The van der Waals surface area contributed by atoms with Crippen LogP contribution < -0.4 is 5.32 Å². The molecule has 1 amide bonds. The van der Waals surface area contributed by atoms with Crippen molar-refractivity contribution in [3.05, 3.63) is 82.0 Å². The number of imidazole rings is 1. The van der Waals surface area contributed by atoms with Crippen LogP contribution in [-0.2, 0) is 17.8 Å². The molecule has 0 saturated heterocycles. The zero-order valence-electron chi connectivity index (χ0n) is 15.5. The topological polar surface area (TPSA) is 46.4 Å². The van der Waals surface area contributed by atoms with Crippen molar-refractivity contribution in [2.45, 2.75) is 26.3 Å². The molecule has 4 aromatic rings. The van der Waals surface area contributed by atoms with Gasteiger partial charge in [-0.05, 0) is 31.0 Å². The minimum absolute atomic E-state index is 0.0537. The van der Waals surface area contributed by atoms with E-state index >= 15 is 0 Å². The Morgan fingerprint density at radius 3 is 2.64 bits per heavy atom. The predicted molar refractivity (Wildman–Crippen MR) is 115 cm³/mol. The summed E-state index contributed by atoms with van der Waals surface area (Å²) in [6.45, 7) is 2.61. The van der Waals surface area contributed by atoms with Crippen LogP contribution in [0.4, 0.5) is 0 Å². The first kappa shape index (κ1) is 18.7. The van der Waals surface area contributed by atoms with Gasteiger partial charge in [-0.15, -0.1) is 11.3 Å². The van der Waals surface area contributed by atoms with E-state index < -0.39 is 0 Å². The number of nitrogens with one attached hydrogen (secondary N) is 1. The molecule has 6 heteroatoms. The molecule has 2 heterocycles. The van der Waals surface area contributed by atoms with Gasteiger partial charge >= 0.3 is 0 Å². The molecular formula is C22H20ClN3OS. The third kappa shape index (κ3) is 4.26. The van der Waals surface area contributed by atoms with Gasteiger partial charge < -0.3 is 5.32 Å². The maximum atomic E-state index is 12.2. The average Bonchev–Trinajstić information content (AvgIpc) is 3.27. The number of aromatic nitrogens is 2. The van der Waals surface area contributed by atoms with E-state index in [1.54, 1.807) is 11.3 Å². The van der Waals surface area contributed by atoms with E-state index in [0.717, 1.165) is 27.5 Å². The lowest BCUT2D eigenvalue weighted by Gasteiger charge is -2.05. The highest BCUT2D eigenvalue weighted by atomic mass is 35.5. The number of halogens is 1. The Morgan fingerprint density at radius 2 is 1.89 bits per heavy atom. The second-order valence-corrected chi connectivity index (χ2v) is 8.05. The van der Waals surface area contributed by atoms with Crippen molar-refractivity contribution in [1.29, 1.82) is 0 Å². The zero-order valence-corrected chi connectivity index (χ0v) is 17.1. The van der Waals surface area contributed by atoms with Crippen LogP contribution in [0.1, 0.15) is 23.2 Å². The van der Waals surface area contributed by atoms with Gasteiger partial charge in [0, 0.05) is 40.8 Å². The quantitative estimate of drug-likeness (QED) is 0.471. The first-order valence-corrected chi connectivity index (χ1v) is 10.4. The standard InChI is InChI=1S/C22H20ClN3OS/c1-15-2-4-16(5-3-15)12-24-21(27)11-10-19-14-28-22-25-20(13-26(19)22)17-6-8-18(23)9-7-17/h2-9,13-14H,10-12H2,1H3,(H,24,27). The molecule has 0 unspecified atom stereocenters. The zero-order chi connectivity index (χ0) is 19.5. The summed E-state index contributed by atoms with van der Waals surface area (Å²) in [4.78, 5) is 17.8. The van der Waals surface area contributed by atoms with Gasteiger partial charge in [-0.25, -0.2) is 4.98 Å². The van der Waals surface area contributed by atoms with Gasteiger partial charge in [-0.2, -0.15) is 0 Å². The SMILES string of the molecule is Cc1ccc(CNC(=O)CCc2csc3nc(-c4ccc(Cl)cc4)cn23)cc1. The molecule has 28 heavy (non-hydrogen) atoms. The lowest BCUT2D eigenvalue weighted by atomic mass is 10.1. The first-order valence-electron chi connectivity index (χ1n) is 9.12. The lowest BCUT2D eigenvalue weighted by molar-refractivity contribution is -0.121. The maximum Gasteiger partial charge on any atom is 0.220 e. The Labute approximate surface area is 172 Å². The summed E-state index contributed by atoms with van der Waals surface area (Å²) in [7, 11) is 0. The van der Waals surface area contributed by atoms with Gasteiger partial charge in [0.05, 0.1) is 5.69 Å². The van der Waals surface area contributed by atoms with Crippen LogP contribution in [-0.4, -0.2) is 15.3 Å². The van der Waals surface area contributed by atoms with E-state index in [0.29, 0.717) is 24.4 Å². The first-order chi connectivity index (χ1) is 13.6. The molecule has 2 aromatic heterocycles. The number of thiazole rings is 1. The highest BCUT2D eigenvalue weighted by Gasteiger charge is 2.11. The van der Waals surface area contributed by atoms with Gasteiger partial charge in [-0.3, -0.25) is 9.20 Å². The number of rotatable bonds is 6. The molecule has 0 fully saturated rings. The Balaban J connectivity index is 1.38. The molecule has 0 spiro atoms. The Hall–Kier alpha value is -2.63. The number of hydrogen-bond acceptors (Lipinski definition) is 3. The summed E-state index contributed by atoms with van der Waals surface area (Å²) < 4.78 is 2.07. The number of hydrogen-bond donors (Lipinski definition) is 1. The van der Waals surface area contributed by atoms with E-state index in [4.69, 9.17) is 11.6 Å². The van der Waals surface area contributed by atoms with Crippen molar-refractivity contribution in [2.75, 3.05) is 0 Å². The number of amides is 1. The molecule has 142 valence electrons. The molecule has 0 radical (unpaired) electrons. The molecule has 0 saturated carbocycles. The van der Waals surface area contributed by atoms with Crippen molar-refractivity contribution in [2.24, 2.45) is 0 Å². The van der Waals surface area contributed by atoms with Crippen LogP contribution >= 0.6 is 22.9 Å². The number of nitrogens with zero attached hydrogens (tertiary/aromatic N) is 2. The number of carbonyl (C=O) groups is 1. The monoisotopic (exact) mass is 409 g/mol. The van der Waals surface area contributed by atoms with Crippen molar-refractivity contribution in [1.82, 2.24) is 14.7 Å². The van der Waals surface area contributed by atoms with Gasteiger partial charge in [-0.1, -0.05) is 53.6 Å². The van der Waals surface area contributed by atoms with Crippen LogP contribution in [0.5, 0.6) is 0 Å². The van der Waals surface area contributed by atoms with Gasteiger partial charge in [0.1, 0.15) is 0 Å². The average molecular weight is 410 g/mol. The molecule has 4 rings (SSSR count). The third-order valence-corrected chi connectivity index (χ3v) is 5.78. The molecule has 0 aliphatic heterocycles. The summed E-state index contributed by atoms with van der Waals surface area (Å²) in [5.41, 5.74) is 5.36. The van der Waals surface area contributed by atoms with Crippen molar-refractivity contribution < 1.29 is 4.79 Å². The Kier molecular flexibility index (Phi) is 5.46. The van der Waals surface area contributed by atoms with Gasteiger partial charge in [0.15, 0.2) is 4.96 Å². The number of benzene rings is 2. The number of carbonyl (C=O) groups excluding carboxylic acids is 1. The molecule has 0 bridgehead atoms. The molecule has 1 N–H and O–H groups in total. The summed E-state index contributed by atoms with van der Waals surface area (Å²) >= 11 is 7.55. The van der Waals surface area contributed by atoms with Crippen LogP contribution in [0.25, 0.3) is 16.2 Å². The van der Waals surface area contributed by atoms with Gasteiger partial charge in [0.25, 0.3) is 0 Å². The smallest absolute Gasteiger partial charge is 0.220 e. The summed E-state index contributed by atoms with van der Waals surface area (Å²) in [6, 6.07) is 15.9. The highest BCUT2D eigenvalue weighted by Crippen LogP contribution is 2.25. The molecule has 0 aliphatic carbocycles. The minimum atomic E-state index is 0.0537. The van der Waals surface area contributed by atoms with Crippen molar-refractivity contribution >= 4 is 33.8 Å². The van der Waals surface area contributed by atoms with E-state index in [2.05, 4.69) is 39.1 Å². The Morgan fingerprint density at radius 1 is 1.14 bits per heavy atom. The van der Waals surface area contributed by atoms with Crippen LogP contribution in [0.2, 0.25) is 5.02 Å². The molecule has 4 nitrogen and oxygen atoms in total. The molecule has 2 aromatic carbocycles. The molecular weight excluding hydrogens is 390 g/mol. The normalized spacial score (nSPS) is 11.1. The Bertz CT molecular complexity index is 1100. The van der Waals surface area contributed by atoms with E-state index in [-0.39, 0.29) is 5.91 Å². The van der Waals surface area contributed by atoms with Crippen LogP contribution in [0, 0.1) is 6.92 Å². The second kappa shape index (κ2) is 8.17. The number of aryl methyl sites for hydroxylation is 2. The largest absolute Gasteiger partial charge is 0.352 e. The lowest BCUT2D eigenvalue weighted by Crippen LogP contribution is -2.23. The molecule has 0 aliphatic rings. The van der Waals surface area contributed by atoms with E-state index in [1.165, 1.54) is 5.56 Å². The molecule has 0 atom stereocenters. The minimum Gasteiger partial charge on any atom is -0.352 e. The van der Waals surface area contributed by atoms with Crippen LogP contribution in [0.3, 0.4) is 0 Å². The fourth-order valence-electron chi connectivity index (χ4n) is 3.01. The van der Waals surface area contributed by atoms with E-state index in [1.807, 2.05) is 42.6 Å². The predicted octanol–water partition coefficient (Wildman–Crippen LogP) is 5.27. The maximum absolute atomic E-state index is 12.2.